The highest BCUT2D eigenvalue weighted by atomic mass is 35.5. The van der Waals surface area contributed by atoms with Crippen LogP contribution in [-0.2, 0) is 0 Å². The van der Waals surface area contributed by atoms with Gasteiger partial charge in [0.1, 0.15) is 0 Å². The molecule has 1 aliphatic carbocycles. The Morgan fingerprint density at radius 3 is 2.60 bits per heavy atom. The van der Waals surface area contributed by atoms with E-state index in [0.717, 1.165) is 29.5 Å². The van der Waals surface area contributed by atoms with Crippen molar-refractivity contribution in [2.45, 2.75) is 24.8 Å². The van der Waals surface area contributed by atoms with Gasteiger partial charge in [-0.25, -0.2) is 0 Å². The Labute approximate surface area is 134 Å². The Morgan fingerprint density at radius 2 is 1.85 bits per heavy atom. The van der Waals surface area contributed by atoms with Crippen LogP contribution in [0.15, 0.2) is 42.5 Å². The van der Waals surface area contributed by atoms with E-state index < -0.39 is 6.98 Å². The minimum atomic E-state index is -2.14. The quantitative estimate of drug-likeness (QED) is 0.806. The second-order valence-electron chi connectivity index (χ2n) is 5.13. The molecule has 3 heteroatoms. The van der Waals surface area contributed by atoms with Crippen LogP contribution >= 0.6 is 23.2 Å². The first-order valence-corrected chi connectivity index (χ1v) is 7.42. The molecule has 0 aromatic heterocycles. The van der Waals surface area contributed by atoms with Crippen molar-refractivity contribution in [3.8, 4) is 0 Å². The number of halogens is 2. The van der Waals surface area contributed by atoms with E-state index in [1.165, 1.54) is 0 Å². The molecule has 2 aromatic rings. The van der Waals surface area contributed by atoms with Crippen LogP contribution in [0.3, 0.4) is 0 Å². The summed E-state index contributed by atoms with van der Waals surface area (Å²) >= 11 is 12.2. The molecule has 0 spiro atoms. The lowest BCUT2D eigenvalue weighted by Crippen LogP contribution is -2.24. The third-order valence-electron chi connectivity index (χ3n) is 4.01. The SMILES string of the molecule is [2H]C([2H])([2H])N[C@@H]1CC[C@@H](c2ccc(Cl)c(Cl)c2)c2ccccc21. The van der Waals surface area contributed by atoms with E-state index in [1.807, 2.05) is 36.4 Å². The van der Waals surface area contributed by atoms with E-state index >= 15 is 0 Å². The summed E-state index contributed by atoms with van der Waals surface area (Å²) in [7, 11) is 0. The van der Waals surface area contributed by atoms with Crippen LogP contribution < -0.4 is 5.32 Å². The summed E-state index contributed by atoms with van der Waals surface area (Å²) in [6, 6.07) is 13.6. The molecule has 1 aliphatic rings. The van der Waals surface area contributed by atoms with Crippen LogP contribution in [0.4, 0.5) is 0 Å². The van der Waals surface area contributed by atoms with Crippen molar-refractivity contribution in [1.82, 2.24) is 5.32 Å². The molecular weight excluding hydrogens is 289 g/mol. The summed E-state index contributed by atoms with van der Waals surface area (Å²) < 4.78 is 22.4. The Morgan fingerprint density at radius 1 is 1.05 bits per heavy atom. The van der Waals surface area contributed by atoms with Gasteiger partial charge in [0.25, 0.3) is 0 Å². The first-order valence-electron chi connectivity index (χ1n) is 8.16. The fourth-order valence-electron chi connectivity index (χ4n) is 3.02. The van der Waals surface area contributed by atoms with E-state index in [2.05, 4.69) is 11.4 Å². The Bertz CT molecular complexity index is 715. The monoisotopic (exact) mass is 308 g/mol. The van der Waals surface area contributed by atoms with Gasteiger partial charge >= 0.3 is 0 Å². The largest absolute Gasteiger partial charge is 0.313 e. The first-order chi connectivity index (χ1) is 10.8. The predicted molar refractivity (Wildman–Crippen MR) is 85.8 cm³/mol. The third kappa shape index (κ3) is 2.46. The number of fused-ring (bicyclic) bond motifs is 1. The van der Waals surface area contributed by atoms with Gasteiger partial charge in [0.2, 0.25) is 0 Å². The number of nitrogens with one attached hydrogen (secondary N) is 1. The fraction of sp³-hybridized carbons (Fsp3) is 0.294. The van der Waals surface area contributed by atoms with Gasteiger partial charge in [-0.1, -0.05) is 53.5 Å². The van der Waals surface area contributed by atoms with Crippen molar-refractivity contribution < 1.29 is 4.11 Å². The van der Waals surface area contributed by atoms with Crippen molar-refractivity contribution in [1.29, 1.82) is 0 Å². The summed E-state index contributed by atoms with van der Waals surface area (Å²) in [6.45, 7) is -2.14. The molecule has 0 fully saturated rings. The van der Waals surface area contributed by atoms with Gasteiger partial charge in [0.15, 0.2) is 0 Å². The van der Waals surface area contributed by atoms with Crippen molar-refractivity contribution in [2.75, 3.05) is 6.98 Å². The normalized spacial score (nSPS) is 24.4. The first kappa shape index (κ1) is 10.7. The molecule has 2 aromatic carbocycles. The average molecular weight is 309 g/mol. The average Bonchev–Trinajstić information content (AvgIpc) is 2.49. The van der Waals surface area contributed by atoms with Crippen LogP contribution in [0.2, 0.25) is 10.0 Å². The van der Waals surface area contributed by atoms with E-state index in [4.69, 9.17) is 27.3 Å². The lowest BCUT2D eigenvalue weighted by molar-refractivity contribution is 0.471. The molecule has 1 nitrogen and oxygen atoms in total. The van der Waals surface area contributed by atoms with Gasteiger partial charge < -0.3 is 5.32 Å². The number of hydrogen-bond donors (Lipinski definition) is 1. The Balaban J connectivity index is 1.98. The molecule has 0 saturated carbocycles. The third-order valence-corrected chi connectivity index (χ3v) is 4.75. The highest BCUT2D eigenvalue weighted by Gasteiger charge is 2.27. The van der Waals surface area contributed by atoms with E-state index in [9.17, 15) is 0 Å². The maximum atomic E-state index is 7.47. The van der Waals surface area contributed by atoms with Gasteiger partial charge in [-0.3, -0.25) is 0 Å². The van der Waals surface area contributed by atoms with Crippen molar-refractivity contribution in [2.24, 2.45) is 0 Å². The van der Waals surface area contributed by atoms with Crippen molar-refractivity contribution >= 4 is 23.2 Å². The molecule has 0 amide bonds. The molecular formula is C17H17Cl2N. The second-order valence-corrected chi connectivity index (χ2v) is 5.94. The number of rotatable bonds is 2. The van der Waals surface area contributed by atoms with Gasteiger partial charge in [-0.2, -0.15) is 0 Å². The van der Waals surface area contributed by atoms with Crippen LogP contribution in [0.5, 0.6) is 0 Å². The van der Waals surface area contributed by atoms with Crippen LogP contribution in [0.1, 0.15) is 45.6 Å². The van der Waals surface area contributed by atoms with Crippen LogP contribution in [-0.4, -0.2) is 6.98 Å². The molecule has 3 rings (SSSR count). The molecule has 0 heterocycles. The lowest BCUT2D eigenvalue weighted by atomic mass is 9.77. The molecule has 0 unspecified atom stereocenters. The molecule has 20 heavy (non-hydrogen) atoms. The summed E-state index contributed by atoms with van der Waals surface area (Å²) in [4.78, 5) is 0. The molecule has 0 aliphatic heterocycles. The van der Waals surface area contributed by atoms with E-state index in [1.54, 1.807) is 0 Å². The van der Waals surface area contributed by atoms with Gasteiger partial charge in [-0.15, -0.1) is 0 Å². The van der Waals surface area contributed by atoms with Gasteiger partial charge in [0.05, 0.1) is 10.0 Å². The molecule has 0 bridgehead atoms. The summed E-state index contributed by atoms with van der Waals surface area (Å²) in [5.74, 6) is 0.204. The zero-order valence-electron chi connectivity index (χ0n) is 13.9. The Kier molecular flexibility index (Phi) is 3.08. The van der Waals surface area contributed by atoms with Gasteiger partial charge in [0, 0.05) is 16.1 Å². The minimum absolute atomic E-state index is 0.155. The second kappa shape index (κ2) is 5.77. The maximum Gasteiger partial charge on any atom is 0.0595 e. The molecule has 0 radical (unpaired) electrons. The minimum Gasteiger partial charge on any atom is -0.313 e. The zero-order chi connectivity index (χ0) is 16.6. The van der Waals surface area contributed by atoms with Gasteiger partial charge in [-0.05, 0) is 48.6 Å². The smallest absolute Gasteiger partial charge is 0.0595 e. The summed E-state index contributed by atoms with van der Waals surface area (Å²) in [5.41, 5.74) is 3.31. The van der Waals surface area contributed by atoms with Crippen molar-refractivity contribution in [3.05, 3.63) is 69.2 Å². The van der Waals surface area contributed by atoms with Crippen LogP contribution in [0.25, 0.3) is 0 Å². The van der Waals surface area contributed by atoms with Crippen LogP contribution in [0, 0.1) is 0 Å². The van der Waals surface area contributed by atoms with E-state index in [0.29, 0.717) is 10.0 Å². The standard InChI is InChI=1S/C17H17Cl2N/c1-20-17-9-7-12(13-4-2-3-5-14(13)17)11-6-8-15(18)16(19)10-11/h2-6,8,10,12,17,20H,7,9H2,1H3/t12-,17+/m0/s1/i1D3. The molecule has 1 N–H and O–H groups in total. The topological polar surface area (TPSA) is 12.0 Å². The number of benzene rings is 2. The molecule has 2 atom stereocenters. The predicted octanol–water partition coefficient (Wildman–Crippen LogP) is 5.18. The van der Waals surface area contributed by atoms with Crippen molar-refractivity contribution in [3.63, 3.8) is 0 Å². The molecule has 0 saturated heterocycles. The maximum absolute atomic E-state index is 7.47. The number of hydrogen-bond acceptors (Lipinski definition) is 1. The lowest BCUT2D eigenvalue weighted by Gasteiger charge is -2.32. The highest BCUT2D eigenvalue weighted by molar-refractivity contribution is 6.42. The Hall–Kier alpha value is -1.02. The zero-order valence-corrected chi connectivity index (χ0v) is 12.4. The highest BCUT2D eigenvalue weighted by Crippen LogP contribution is 2.42. The molecule has 104 valence electrons. The van der Waals surface area contributed by atoms with E-state index in [-0.39, 0.29) is 12.0 Å². The summed E-state index contributed by atoms with van der Waals surface area (Å²) in [5, 5.41) is 3.85. The fourth-order valence-corrected chi connectivity index (χ4v) is 3.32. The summed E-state index contributed by atoms with van der Waals surface area (Å²) in [6.07, 6.45) is 1.63.